The molecule has 1 heterocycles. The van der Waals surface area contributed by atoms with Gasteiger partial charge in [-0.1, -0.05) is 54.6 Å². The second kappa shape index (κ2) is 11.1. The van der Waals surface area contributed by atoms with Crippen LogP contribution in [0.1, 0.15) is 27.9 Å². The minimum Gasteiger partial charge on any atom is -0.352 e. The Morgan fingerprint density at radius 2 is 1.58 bits per heavy atom. The van der Waals surface area contributed by atoms with Crippen LogP contribution in [0.4, 0.5) is 0 Å². The first kappa shape index (κ1) is 23.0. The molecule has 0 unspecified atom stereocenters. The lowest BCUT2D eigenvalue weighted by Crippen LogP contribution is -2.43. The highest BCUT2D eigenvalue weighted by atomic mass is 16.2. The summed E-state index contributed by atoms with van der Waals surface area (Å²) < 4.78 is 0. The number of hydrogen-bond donors (Lipinski definition) is 2. The number of carbonyl (C=O) groups excluding carboxylic acids is 2. The molecule has 0 atom stereocenters. The van der Waals surface area contributed by atoms with E-state index in [9.17, 15) is 9.59 Å². The van der Waals surface area contributed by atoms with E-state index >= 15 is 0 Å². The molecule has 2 N–H and O–H groups in total. The molecule has 1 saturated heterocycles. The van der Waals surface area contributed by atoms with Gasteiger partial charge in [-0.25, -0.2) is 0 Å². The lowest BCUT2D eigenvalue weighted by molar-refractivity contribution is -0.121. The maximum Gasteiger partial charge on any atom is 0.251 e. The van der Waals surface area contributed by atoms with Gasteiger partial charge in [-0.15, -0.1) is 0 Å². The van der Waals surface area contributed by atoms with Crippen LogP contribution in [0.15, 0.2) is 66.7 Å². The number of hydrogen-bond acceptors (Lipinski definition) is 4. The van der Waals surface area contributed by atoms with Gasteiger partial charge in [0.25, 0.3) is 5.91 Å². The fraction of sp³-hybridized carbons (Fsp3) is 0.333. The topological polar surface area (TPSA) is 64.7 Å². The summed E-state index contributed by atoms with van der Waals surface area (Å²) in [5, 5.41) is 7.93. The summed E-state index contributed by atoms with van der Waals surface area (Å²) in [6.45, 7) is 6.12. The summed E-state index contributed by atoms with van der Waals surface area (Å²) in [5.74, 6) is -0.233. The molecule has 2 amide bonds. The summed E-state index contributed by atoms with van der Waals surface area (Å²) in [4.78, 5) is 29.5. The summed E-state index contributed by atoms with van der Waals surface area (Å²) in [6, 6.07) is 22.0. The number of piperazine rings is 1. The Morgan fingerprint density at radius 3 is 2.39 bits per heavy atom. The monoisotopic (exact) mass is 444 g/mol. The molecule has 1 fully saturated rings. The minimum absolute atomic E-state index is 0.0710. The smallest absolute Gasteiger partial charge is 0.251 e. The van der Waals surface area contributed by atoms with E-state index in [1.165, 1.54) is 5.56 Å². The van der Waals surface area contributed by atoms with E-state index in [-0.39, 0.29) is 18.2 Å². The Balaban J connectivity index is 1.19. The van der Waals surface area contributed by atoms with Crippen molar-refractivity contribution in [2.24, 2.45) is 0 Å². The van der Waals surface area contributed by atoms with Crippen LogP contribution in [0.3, 0.4) is 0 Å². The Hall–Kier alpha value is -3.22. The van der Waals surface area contributed by atoms with Crippen molar-refractivity contribution in [3.05, 3.63) is 83.4 Å². The minimum atomic E-state index is -0.162. The first-order valence-electron chi connectivity index (χ1n) is 11.6. The van der Waals surface area contributed by atoms with E-state index in [1.54, 1.807) is 0 Å². The standard InChI is InChI=1S/C27H32N4O2/c1-30-13-15-31(16-14-30)20-22-6-4-5-21(17-22)19-29-26(32)11-12-28-27(33)25-10-9-23-7-2-3-8-24(23)18-25/h2-10,17-18H,11-16,19-20H2,1H3,(H,28,33)(H,29,32). The zero-order valence-corrected chi connectivity index (χ0v) is 19.2. The first-order valence-corrected chi connectivity index (χ1v) is 11.6. The van der Waals surface area contributed by atoms with Crippen molar-refractivity contribution < 1.29 is 9.59 Å². The van der Waals surface area contributed by atoms with Crippen molar-refractivity contribution in [1.29, 1.82) is 0 Å². The molecular weight excluding hydrogens is 412 g/mol. The maximum absolute atomic E-state index is 12.4. The molecule has 0 bridgehead atoms. The molecule has 1 aliphatic rings. The zero-order valence-electron chi connectivity index (χ0n) is 19.2. The molecule has 1 aliphatic heterocycles. The molecule has 4 rings (SSSR count). The average Bonchev–Trinajstić information content (AvgIpc) is 2.84. The van der Waals surface area contributed by atoms with Gasteiger partial charge in [-0.05, 0) is 41.1 Å². The third kappa shape index (κ3) is 6.63. The van der Waals surface area contributed by atoms with Crippen molar-refractivity contribution in [2.45, 2.75) is 19.5 Å². The van der Waals surface area contributed by atoms with Crippen LogP contribution >= 0.6 is 0 Å². The highest BCUT2D eigenvalue weighted by Crippen LogP contribution is 2.15. The molecule has 0 aliphatic carbocycles. The van der Waals surface area contributed by atoms with Crippen LogP contribution in [0, 0.1) is 0 Å². The molecule has 6 nitrogen and oxygen atoms in total. The van der Waals surface area contributed by atoms with E-state index < -0.39 is 0 Å². The molecule has 0 radical (unpaired) electrons. The maximum atomic E-state index is 12.4. The zero-order chi connectivity index (χ0) is 23.0. The summed E-state index contributed by atoms with van der Waals surface area (Å²) in [7, 11) is 2.16. The average molecular weight is 445 g/mol. The van der Waals surface area contributed by atoms with Gasteiger partial charge in [-0.3, -0.25) is 14.5 Å². The van der Waals surface area contributed by atoms with Crippen LogP contribution in [0.5, 0.6) is 0 Å². The van der Waals surface area contributed by atoms with Gasteiger partial charge in [0, 0.05) is 57.8 Å². The van der Waals surface area contributed by atoms with Crippen molar-refractivity contribution in [3.8, 4) is 0 Å². The Bertz CT molecular complexity index is 1110. The predicted octanol–water partition coefficient (Wildman–Crippen LogP) is 3.02. The lowest BCUT2D eigenvalue weighted by Gasteiger charge is -2.32. The molecule has 6 heteroatoms. The van der Waals surface area contributed by atoms with Crippen molar-refractivity contribution >= 4 is 22.6 Å². The number of amides is 2. The highest BCUT2D eigenvalue weighted by Gasteiger charge is 2.14. The molecule has 3 aromatic rings. The number of benzene rings is 3. The quantitative estimate of drug-likeness (QED) is 0.561. The van der Waals surface area contributed by atoms with Gasteiger partial charge in [0.05, 0.1) is 0 Å². The van der Waals surface area contributed by atoms with Gasteiger partial charge in [-0.2, -0.15) is 0 Å². The predicted molar refractivity (Wildman–Crippen MR) is 132 cm³/mol. The number of likely N-dealkylation sites (N-methyl/N-ethyl adjacent to an activating group) is 1. The number of carbonyl (C=O) groups is 2. The van der Waals surface area contributed by atoms with E-state index in [0.717, 1.165) is 49.1 Å². The van der Waals surface area contributed by atoms with Crippen LogP contribution in [-0.4, -0.2) is 61.4 Å². The summed E-state index contributed by atoms with van der Waals surface area (Å²) in [5.41, 5.74) is 2.97. The highest BCUT2D eigenvalue weighted by molar-refractivity contribution is 5.98. The van der Waals surface area contributed by atoms with Crippen molar-refractivity contribution in [2.75, 3.05) is 39.8 Å². The molecule has 3 aromatic carbocycles. The molecule has 0 aromatic heterocycles. The number of rotatable bonds is 8. The van der Waals surface area contributed by atoms with Gasteiger partial charge in [0.1, 0.15) is 0 Å². The molecule has 0 saturated carbocycles. The lowest BCUT2D eigenvalue weighted by atomic mass is 10.1. The van der Waals surface area contributed by atoms with Crippen molar-refractivity contribution in [1.82, 2.24) is 20.4 Å². The fourth-order valence-electron chi connectivity index (χ4n) is 4.11. The molecule has 0 spiro atoms. The Morgan fingerprint density at radius 1 is 0.818 bits per heavy atom. The van der Waals surface area contributed by atoms with Gasteiger partial charge in [0.2, 0.25) is 5.91 Å². The largest absolute Gasteiger partial charge is 0.352 e. The SMILES string of the molecule is CN1CCN(Cc2cccc(CNC(=O)CCNC(=O)c3ccc4ccccc4c3)c2)CC1. The van der Waals surface area contributed by atoms with E-state index in [2.05, 4.69) is 45.7 Å². The van der Waals surface area contributed by atoms with E-state index in [1.807, 2.05) is 48.5 Å². The summed E-state index contributed by atoms with van der Waals surface area (Å²) in [6.07, 6.45) is 0.250. The van der Waals surface area contributed by atoms with Crippen molar-refractivity contribution in [3.63, 3.8) is 0 Å². The van der Waals surface area contributed by atoms with Gasteiger partial charge < -0.3 is 15.5 Å². The number of nitrogens with one attached hydrogen (secondary N) is 2. The van der Waals surface area contributed by atoms with Gasteiger partial charge >= 0.3 is 0 Å². The van der Waals surface area contributed by atoms with Crippen LogP contribution in [0.2, 0.25) is 0 Å². The number of nitrogens with zero attached hydrogens (tertiary/aromatic N) is 2. The third-order valence-electron chi connectivity index (χ3n) is 6.13. The van der Waals surface area contributed by atoms with Crippen LogP contribution < -0.4 is 10.6 Å². The van der Waals surface area contributed by atoms with Crippen LogP contribution in [0.25, 0.3) is 10.8 Å². The molecular formula is C27H32N4O2. The molecule has 33 heavy (non-hydrogen) atoms. The third-order valence-corrected chi connectivity index (χ3v) is 6.13. The Kier molecular flexibility index (Phi) is 7.70. The first-order chi connectivity index (χ1) is 16.1. The molecule has 172 valence electrons. The normalized spacial score (nSPS) is 14.8. The van der Waals surface area contributed by atoms with E-state index in [0.29, 0.717) is 18.7 Å². The van der Waals surface area contributed by atoms with Gasteiger partial charge in [0.15, 0.2) is 0 Å². The van der Waals surface area contributed by atoms with E-state index in [4.69, 9.17) is 0 Å². The second-order valence-electron chi connectivity index (χ2n) is 8.74. The van der Waals surface area contributed by atoms with Crippen LogP contribution in [-0.2, 0) is 17.9 Å². The Labute approximate surface area is 195 Å². The second-order valence-corrected chi connectivity index (χ2v) is 8.74. The number of fused-ring (bicyclic) bond motifs is 1. The summed E-state index contributed by atoms with van der Waals surface area (Å²) >= 11 is 0. The fourth-order valence-corrected chi connectivity index (χ4v) is 4.11.